The Hall–Kier alpha value is -0.570. The molecule has 0 amide bonds. The van der Waals surface area contributed by atoms with E-state index in [9.17, 15) is 4.79 Å². The fraction of sp³-hybridized carbons (Fsp3) is 0.917. The molecule has 3 heteroatoms. The van der Waals surface area contributed by atoms with Crippen LogP contribution in [0.2, 0.25) is 0 Å². The maximum atomic E-state index is 10.4. The largest absolute Gasteiger partial charge is 0.481 e. The van der Waals surface area contributed by atoms with E-state index in [0.29, 0.717) is 5.92 Å². The zero-order valence-electron chi connectivity index (χ0n) is 9.61. The van der Waals surface area contributed by atoms with Gasteiger partial charge in [0.05, 0.1) is 6.42 Å². The number of nitrogens with two attached hydrogens (primary N) is 1. The summed E-state index contributed by atoms with van der Waals surface area (Å²) >= 11 is 0. The molecule has 88 valence electrons. The highest BCUT2D eigenvalue weighted by atomic mass is 16.4. The number of aliphatic carboxylic acids is 1. The third kappa shape index (κ3) is 5.17. The minimum absolute atomic E-state index is 0.107. The number of hydrogen-bond acceptors (Lipinski definition) is 2. The van der Waals surface area contributed by atoms with Crippen molar-refractivity contribution in [2.24, 2.45) is 17.6 Å². The average molecular weight is 213 g/mol. The summed E-state index contributed by atoms with van der Waals surface area (Å²) in [6.45, 7) is 2.26. The van der Waals surface area contributed by atoms with Crippen LogP contribution in [0.25, 0.3) is 0 Å². The Morgan fingerprint density at radius 3 is 2.60 bits per heavy atom. The molecule has 3 N–H and O–H groups in total. The molecule has 0 aliphatic heterocycles. The van der Waals surface area contributed by atoms with E-state index in [1.807, 2.05) is 0 Å². The van der Waals surface area contributed by atoms with E-state index in [1.54, 1.807) is 0 Å². The lowest BCUT2D eigenvalue weighted by Crippen LogP contribution is -2.24. The molecule has 0 heterocycles. The van der Waals surface area contributed by atoms with Crippen molar-refractivity contribution in [2.45, 2.75) is 57.9 Å². The minimum atomic E-state index is -0.783. The van der Waals surface area contributed by atoms with E-state index in [0.717, 1.165) is 18.8 Å². The molecule has 0 radical (unpaired) electrons. The highest BCUT2D eigenvalue weighted by molar-refractivity contribution is 5.67. The highest BCUT2D eigenvalue weighted by Gasteiger charge is 2.20. The number of carboxylic acids is 1. The van der Waals surface area contributed by atoms with Gasteiger partial charge in [0.2, 0.25) is 0 Å². The maximum Gasteiger partial charge on any atom is 0.304 e. The van der Waals surface area contributed by atoms with E-state index in [1.165, 1.54) is 25.7 Å². The third-order valence-corrected chi connectivity index (χ3v) is 3.43. The first-order valence-electron chi connectivity index (χ1n) is 6.05. The van der Waals surface area contributed by atoms with Gasteiger partial charge in [-0.3, -0.25) is 4.79 Å². The van der Waals surface area contributed by atoms with Crippen LogP contribution in [0.15, 0.2) is 0 Å². The zero-order chi connectivity index (χ0) is 11.3. The third-order valence-electron chi connectivity index (χ3n) is 3.43. The monoisotopic (exact) mass is 213 g/mol. The molecule has 0 bridgehead atoms. The second-order valence-electron chi connectivity index (χ2n) is 5.07. The summed E-state index contributed by atoms with van der Waals surface area (Å²) in [5.74, 6) is 0.861. The van der Waals surface area contributed by atoms with Crippen LogP contribution in [-0.2, 0) is 4.79 Å². The van der Waals surface area contributed by atoms with Gasteiger partial charge in [-0.25, -0.2) is 0 Å². The smallest absolute Gasteiger partial charge is 0.304 e. The topological polar surface area (TPSA) is 63.3 Å². The summed E-state index contributed by atoms with van der Waals surface area (Å²) in [5, 5.41) is 8.56. The summed E-state index contributed by atoms with van der Waals surface area (Å²) in [6, 6.07) is -0.161. The van der Waals surface area contributed by atoms with Crippen LogP contribution in [-0.4, -0.2) is 17.1 Å². The maximum absolute atomic E-state index is 10.4. The number of hydrogen-bond donors (Lipinski definition) is 2. The van der Waals surface area contributed by atoms with E-state index >= 15 is 0 Å². The van der Waals surface area contributed by atoms with Gasteiger partial charge < -0.3 is 10.8 Å². The van der Waals surface area contributed by atoms with Gasteiger partial charge in [-0.05, 0) is 31.1 Å². The molecule has 3 nitrogen and oxygen atoms in total. The van der Waals surface area contributed by atoms with Gasteiger partial charge in [0, 0.05) is 6.04 Å². The Labute approximate surface area is 92.0 Å². The standard InChI is InChI=1S/C12H23NO2/c1-9(7-10-3-2-4-10)5-6-11(13)8-12(14)15/h9-11H,2-8,13H2,1H3,(H,14,15)/t9-,11-/m0/s1. The van der Waals surface area contributed by atoms with E-state index in [-0.39, 0.29) is 12.5 Å². The first-order valence-corrected chi connectivity index (χ1v) is 6.05. The Kier molecular flexibility index (Phi) is 5.09. The van der Waals surface area contributed by atoms with Crippen molar-refractivity contribution in [3.8, 4) is 0 Å². The predicted octanol–water partition coefficient (Wildman–Crippen LogP) is 2.39. The van der Waals surface area contributed by atoms with Gasteiger partial charge >= 0.3 is 5.97 Å². The van der Waals surface area contributed by atoms with Crippen LogP contribution in [0.4, 0.5) is 0 Å². The number of rotatable bonds is 7. The van der Waals surface area contributed by atoms with Crippen molar-refractivity contribution in [2.75, 3.05) is 0 Å². The molecule has 0 unspecified atom stereocenters. The summed E-state index contributed by atoms with van der Waals surface area (Å²) < 4.78 is 0. The molecule has 2 atom stereocenters. The molecular formula is C12H23NO2. The summed E-state index contributed by atoms with van der Waals surface area (Å²) in [4.78, 5) is 10.4. The summed E-state index contributed by atoms with van der Waals surface area (Å²) in [6.07, 6.45) is 7.52. The minimum Gasteiger partial charge on any atom is -0.481 e. The molecule has 0 aromatic heterocycles. The Morgan fingerprint density at radius 1 is 1.47 bits per heavy atom. The quantitative estimate of drug-likeness (QED) is 0.682. The van der Waals surface area contributed by atoms with Crippen LogP contribution >= 0.6 is 0 Å². The molecule has 0 spiro atoms. The fourth-order valence-electron chi connectivity index (χ4n) is 2.24. The molecule has 0 aromatic carbocycles. The Morgan fingerprint density at radius 2 is 2.13 bits per heavy atom. The van der Waals surface area contributed by atoms with Crippen molar-refractivity contribution in [1.29, 1.82) is 0 Å². The van der Waals surface area contributed by atoms with E-state index < -0.39 is 5.97 Å². The van der Waals surface area contributed by atoms with Crippen LogP contribution < -0.4 is 5.73 Å². The predicted molar refractivity (Wildman–Crippen MR) is 60.6 cm³/mol. The van der Waals surface area contributed by atoms with Gasteiger partial charge in [0.1, 0.15) is 0 Å². The number of carbonyl (C=O) groups is 1. The SMILES string of the molecule is C[C@@H](CC[C@H](N)CC(=O)O)CC1CCC1. The van der Waals surface area contributed by atoms with Crippen molar-refractivity contribution in [1.82, 2.24) is 0 Å². The van der Waals surface area contributed by atoms with E-state index in [4.69, 9.17) is 10.8 Å². The van der Waals surface area contributed by atoms with Crippen LogP contribution in [0.5, 0.6) is 0 Å². The van der Waals surface area contributed by atoms with Crippen LogP contribution in [0, 0.1) is 11.8 Å². The lowest BCUT2D eigenvalue weighted by Gasteiger charge is -2.28. The lowest BCUT2D eigenvalue weighted by molar-refractivity contribution is -0.137. The molecule has 0 aromatic rings. The average Bonchev–Trinajstić information content (AvgIpc) is 2.07. The molecule has 1 aliphatic carbocycles. The van der Waals surface area contributed by atoms with Crippen molar-refractivity contribution >= 4 is 5.97 Å². The van der Waals surface area contributed by atoms with Crippen molar-refractivity contribution in [3.05, 3.63) is 0 Å². The normalized spacial score (nSPS) is 20.7. The van der Waals surface area contributed by atoms with Gasteiger partial charge in [-0.15, -0.1) is 0 Å². The first-order chi connectivity index (χ1) is 7.08. The molecule has 1 rings (SSSR count). The fourth-order valence-corrected chi connectivity index (χ4v) is 2.24. The van der Waals surface area contributed by atoms with Gasteiger partial charge in [-0.2, -0.15) is 0 Å². The molecule has 0 saturated heterocycles. The zero-order valence-corrected chi connectivity index (χ0v) is 9.61. The molecule has 1 aliphatic rings. The van der Waals surface area contributed by atoms with Gasteiger partial charge in [0.25, 0.3) is 0 Å². The first kappa shape index (κ1) is 12.5. The van der Waals surface area contributed by atoms with Gasteiger partial charge in [-0.1, -0.05) is 26.2 Å². The molecule has 15 heavy (non-hydrogen) atoms. The Bertz CT molecular complexity index is 202. The second-order valence-corrected chi connectivity index (χ2v) is 5.07. The van der Waals surface area contributed by atoms with Crippen LogP contribution in [0.1, 0.15) is 51.9 Å². The summed E-state index contributed by atoms with van der Waals surface area (Å²) in [5.41, 5.74) is 5.72. The second kappa shape index (κ2) is 6.11. The van der Waals surface area contributed by atoms with Gasteiger partial charge in [0.15, 0.2) is 0 Å². The lowest BCUT2D eigenvalue weighted by atomic mass is 9.78. The van der Waals surface area contributed by atoms with Crippen molar-refractivity contribution in [3.63, 3.8) is 0 Å². The van der Waals surface area contributed by atoms with Crippen LogP contribution in [0.3, 0.4) is 0 Å². The highest BCUT2D eigenvalue weighted by Crippen LogP contribution is 2.33. The molecular weight excluding hydrogens is 190 g/mol. The van der Waals surface area contributed by atoms with Crippen molar-refractivity contribution < 1.29 is 9.90 Å². The summed E-state index contributed by atoms with van der Waals surface area (Å²) in [7, 11) is 0. The molecule has 1 saturated carbocycles. The number of carboxylic acid groups (broad SMARTS) is 1. The van der Waals surface area contributed by atoms with E-state index in [2.05, 4.69) is 6.92 Å². The Balaban J connectivity index is 2.04. The molecule has 1 fully saturated rings.